The van der Waals surface area contributed by atoms with Gasteiger partial charge in [-0.15, -0.1) is 16.4 Å². The fraction of sp³-hybridized carbons (Fsp3) is 0.286. The van der Waals surface area contributed by atoms with Crippen molar-refractivity contribution in [3.63, 3.8) is 0 Å². The van der Waals surface area contributed by atoms with Crippen LogP contribution in [0.2, 0.25) is 0 Å². The number of thiophene rings is 2. The third kappa shape index (κ3) is 1.87. The highest BCUT2D eigenvalue weighted by atomic mass is 32.1. The molecule has 0 saturated carbocycles. The monoisotopic (exact) mass is 302 g/mol. The molecular formula is C14H14N4S2. The second-order valence-electron chi connectivity index (χ2n) is 4.92. The molecule has 20 heavy (non-hydrogen) atoms. The predicted octanol–water partition coefficient (Wildman–Crippen LogP) is 3.78. The van der Waals surface area contributed by atoms with E-state index in [2.05, 4.69) is 45.5 Å². The number of anilines is 1. The first-order valence-corrected chi connectivity index (χ1v) is 8.42. The minimum Gasteiger partial charge on any atom is -0.354 e. The molecule has 3 aromatic heterocycles. The van der Waals surface area contributed by atoms with E-state index in [0.29, 0.717) is 6.04 Å². The van der Waals surface area contributed by atoms with Crippen molar-refractivity contribution in [1.82, 2.24) is 14.8 Å². The van der Waals surface area contributed by atoms with E-state index in [1.54, 1.807) is 22.7 Å². The molecule has 6 heteroatoms. The largest absolute Gasteiger partial charge is 0.354 e. The zero-order chi connectivity index (χ0) is 13.5. The summed E-state index contributed by atoms with van der Waals surface area (Å²) in [6, 6.07) is 4.60. The molecular weight excluding hydrogens is 288 g/mol. The Balaban J connectivity index is 1.80. The molecule has 4 rings (SSSR count). The van der Waals surface area contributed by atoms with Crippen LogP contribution in [-0.4, -0.2) is 21.3 Å². The van der Waals surface area contributed by atoms with Crippen LogP contribution in [0.15, 0.2) is 28.3 Å². The maximum absolute atomic E-state index is 4.75. The van der Waals surface area contributed by atoms with Crippen LogP contribution in [0.1, 0.15) is 23.6 Å². The Hall–Kier alpha value is -1.66. The number of nitrogens with zero attached hydrogens (tertiary/aromatic N) is 3. The van der Waals surface area contributed by atoms with Crippen molar-refractivity contribution in [3.05, 3.63) is 39.4 Å². The summed E-state index contributed by atoms with van der Waals surface area (Å²) in [4.78, 5) is 5.83. The van der Waals surface area contributed by atoms with Crippen molar-refractivity contribution in [2.45, 2.75) is 19.4 Å². The Labute approximate surface area is 125 Å². The Morgan fingerprint density at radius 2 is 2.30 bits per heavy atom. The quantitative estimate of drug-likeness (QED) is 0.783. The first-order valence-electron chi connectivity index (χ1n) is 6.60. The normalized spacial score (nSPS) is 17.8. The zero-order valence-electron chi connectivity index (χ0n) is 11.0. The standard InChI is InChI=1S/C14H14N4S2/c1-9-3-7-20-12(9)13-16-14-15-5-2-11(18(14)17-13)10-4-6-19-8-10/h3-4,6-8,11H,2,5H2,1H3,(H,15,16,17). The summed E-state index contributed by atoms with van der Waals surface area (Å²) in [6.07, 6.45) is 1.05. The molecule has 1 N–H and O–H groups in total. The Morgan fingerprint density at radius 1 is 1.35 bits per heavy atom. The second kappa shape index (κ2) is 4.71. The SMILES string of the molecule is Cc1ccsc1-c1nc2n(n1)C(c1ccsc1)CCN2. The summed E-state index contributed by atoms with van der Waals surface area (Å²) in [6.45, 7) is 3.05. The lowest BCUT2D eigenvalue weighted by atomic mass is 10.1. The molecule has 1 unspecified atom stereocenters. The second-order valence-corrected chi connectivity index (χ2v) is 6.62. The first-order chi connectivity index (χ1) is 9.83. The van der Waals surface area contributed by atoms with Gasteiger partial charge in [-0.3, -0.25) is 0 Å². The van der Waals surface area contributed by atoms with Gasteiger partial charge in [0.2, 0.25) is 5.95 Å². The van der Waals surface area contributed by atoms with Crippen molar-refractivity contribution in [1.29, 1.82) is 0 Å². The first kappa shape index (κ1) is 12.1. The highest BCUT2D eigenvalue weighted by Gasteiger charge is 2.25. The van der Waals surface area contributed by atoms with E-state index >= 15 is 0 Å². The van der Waals surface area contributed by atoms with E-state index in [1.807, 2.05) is 4.68 Å². The van der Waals surface area contributed by atoms with Gasteiger partial charge >= 0.3 is 0 Å². The fourth-order valence-corrected chi connectivity index (χ4v) is 4.14. The van der Waals surface area contributed by atoms with Gasteiger partial charge in [-0.1, -0.05) is 0 Å². The molecule has 0 bridgehead atoms. The third-order valence-electron chi connectivity index (χ3n) is 3.62. The minimum absolute atomic E-state index is 0.305. The van der Waals surface area contributed by atoms with Gasteiger partial charge in [-0.25, -0.2) is 4.68 Å². The van der Waals surface area contributed by atoms with Gasteiger partial charge in [0, 0.05) is 6.54 Å². The van der Waals surface area contributed by atoms with Gasteiger partial charge in [0.05, 0.1) is 10.9 Å². The summed E-state index contributed by atoms with van der Waals surface area (Å²) in [5.41, 5.74) is 2.57. The van der Waals surface area contributed by atoms with Crippen LogP contribution in [0.5, 0.6) is 0 Å². The summed E-state index contributed by atoms with van der Waals surface area (Å²) < 4.78 is 2.04. The Bertz CT molecular complexity index is 726. The van der Waals surface area contributed by atoms with Gasteiger partial charge < -0.3 is 5.32 Å². The highest BCUT2D eigenvalue weighted by Crippen LogP contribution is 2.33. The predicted molar refractivity (Wildman–Crippen MR) is 83.6 cm³/mol. The molecule has 4 heterocycles. The molecule has 0 aromatic carbocycles. The Kier molecular flexibility index (Phi) is 2.85. The molecule has 4 nitrogen and oxygen atoms in total. The van der Waals surface area contributed by atoms with E-state index in [9.17, 15) is 0 Å². The van der Waals surface area contributed by atoms with Crippen molar-refractivity contribution in [3.8, 4) is 10.7 Å². The minimum atomic E-state index is 0.305. The highest BCUT2D eigenvalue weighted by molar-refractivity contribution is 7.13. The molecule has 1 atom stereocenters. The smallest absolute Gasteiger partial charge is 0.222 e. The van der Waals surface area contributed by atoms with Crippen LogP contribution < -0.4 is 5.32 Å². The van der Waals surface area contributed by atoms with Crippen molar-refractivity contribution in [2.75, 3.05) is 11.9 Å². The van der Waals surface area contributed by atoms with Gasteiger partial charge in [0.15, 0.2) is 5.82 Å². The van der Waals surface area contributed by atoms with E-state index in [0.717, 1.165) is 29.6 Å². The number of nitrogens with one attached hydrogen (secondary N) is 1. The third-order valence-corrected chi connectivity index (χ3v) is 5.33. The van der Waals surface area contributed by atoms with E-state index in [-0.39, 0.29) is 0 Å². The van der Waals surface area contributed by atoms with E-state index < -0.39 is 0 Å². The van der Waals surface area contributed by atoms with Crippen LogP contribution in [-0.2, 0) is 0 Å². The zero-order valence-corrected chi connectivity index (χ0v) is 12.7. The van der Waals surface area contributed by atoms with Crippen LogP contribution in [0, 0.1) is 6.92 Å². The molecule has 0 amide bonds. The maximum Gasteiger partial charge on any atom is 0.222 e. The van der Waals surface area contributed by atoms with Gasteiger partial charge in [0.1, 0.15) is 0 Å². The van der Waals surface area contributed by atoms with E-state index in [4.69, 9.17) is 5.10 Å². The van der Waals surface area contributed by atoms with Crippen molar-refractivity contribution in [2.24, 2.45) is 0 Å². The van der Waals surface area contributed by atoms with Crippen LogP contribution in [0.4, 0.5) is 5.95 Å². The molecule has 0 aliphatic carbocycles. The van der Waals surface area contributed by atoms with Crippen molar-refractivity contribution < 1.29 is 0 Å². The lowest BCUT2D eigenvalue weighted by Gasteiger charge is -2.23. The molecule has 3 aromatic rings. The van der Waals surface area contributed by atoms with Crippen LogP contribution in [0.25, 0.3) is 10.7 Å². The van der Waals surface area contributed by atoms with Crippen LogP contribution in [0.3, 0.4) is 0 Å². The summed E-state index contributed by atoms with van der Waals surface area (Å²) in [5.74, 6) is 1.72. The molecule has 102 valence electrons. The molecule has 1 aliphatic heterocycles. The lowest BCUT2D eigenvalue weighted by Crippen LogP contribution is -2.24. The molecule has 0 fully saturated rings. The van der Waals surface area contributed by atoms with Crippen molar-refractivity contribution >= 4 is 28.6 Å². The molecule has 0 spiro atoms. The number of fused-ring (bicyclic) bond motifs is 1. The van der Waals surface area contributed by atoms with E-state index in [1.165, 1.54) is 11.1 Å². The Morgan fingerprint density at radius 3 is 3.05 bits per heavy atom. The lowest BCUT2D eigenvalue weighted by molar-refractivity contribution is 0.482. The number of hydrogen-bond donors (Lipinski definition) is 1. The molecule has 0 saturated heterocycles. The maximum atomic E-state index is 4.75. The average Bonchev–Trinajstić information content (AvgIpc) is 3.17. The topological polar surface area (TPSA) is 42.7 Å². The molecule has 1 aliphatic rings. The van der Waals surface area contributed by atoms with Crippen LogP contribution >= 0.6 is 22.7 Å². The number of aromatic nitrogens is 3. The van der Waals surface area contributed by atoms with Gasteiger partial charge in [0.25, 0.3) is 0 Å². The number of hydrogen-bond acceptors (Lipinski definition) is 5. The number of aryl methyl sites for hydroxylation is 1. The summed E-state index contributed by atoms with van der Waals surface area (Å²) >= 11 is 3.44. The fourth-order valence-electron chi connectivity index (χ4n) is 2.57. The number of rotatable bonds is 2. The average molecular weight is 302 g/mol. The summed E-state index contributed by atoms with van der Waals surface area (Å²) in [7, 11) is 0. The summed E-state index contributed by atoms with van der Waals surface area (Å²) in [5, 5.41) is 14.5. The van der Waals surface area contributed by atoms with Gasteiger partial charge in [-0.05, 0) is 52.7 Å². The van der Waals surface area contributed by atoms with Gasteiger partial charge in [-0.2, -0.15) is 16.3 Å². The molecule has 0 radical (unpaired) electrons.